The molecule has 1 unspecified atom stereocenters. The minimum atomic E-state index is -0.282. The molecule has 0 spiro atoms. The first-order valence-corrected chi connectivity index (χ1v) is 4.58. The molecule has 0 saturated carbocycles. The fraction of sp³-hybridized carbons (Fsp3) is 0.875. The van der Waals surface area contributed by atoms with Crippen molar-refractivity contribution in [1.29, 1.82) is 0 Å². The van der Waals surface area contributed by atoms with Crippen LogP contribution in [0.4, 0.5) is 0 Å². The molecule has 0 aromatic carbocycles. The molecule has 13 heavy (non-hydrogen) atoms. The van der Waals surface area contributed by atoms with E-state index in [0.717, 1.165) is 19.6 Å². The molecule has 1 fully saturated rings. The molecule has 0 aliphatic carbocycles. The molecule has 1 amide bonds. The third-order valence-electron chi connectivity index (χ3n) is 2.33. The van der Waals surface area contributed by atoms with Crippen molar-refractivity contribution in [3.8, 4) is 0 Å². The van der Waals surface area contributed by atoms with E-state index in [0.29, 0.717) is 13.0 Å². The Labute approximate surface area is 77.9 Å². The van der Waals surface area contributed by atoms with Gasteiger partial charge in [0.2, 0.25) is 5.91 Å². The molecule has 4 N–H and O–H groups in total. The van der Waals surface area contributed by atoms with Gasteiger partial charge in [-0.3, -0.25) is 9.69 Å². The number of nitrogens with zero attached hydrogens (tertiary/aromatic N) is 1. The minimum absolute atomic E-state index is 0.131. The van der Waals surface area contributed by atoms with Crippen molar-refractivity contribution >= 4 is 5.91 Å². The van der Waals surface area contributed by atoms with E-state index in [4.69, 9.17) is 10.8 Å². The summed E-state index contributed by atoms with van der Waals surface area (Å²) in [6.45, 7) is 3.36. The summed E-state index contributed by atoms with van der Waals surface area (Å²) >= 11 is 0. The van der Waals surface area contributed by atoms with Gasteiger partial charge in [0.25, 0.3) is 0 Å². The van der Waals surface area contributed by atoms with Crippen LogP contribution in [0.2, 0.25) is 0 Å². The van der Waals surface area contributed by atoms with E-state index >= 15 is 0 Å². The van der Waals surface area contributed by atoms with Gasteiger partial charge in [-0.15, -0.1) is 0 Å². The van der Waals surface area contributed by atoms with E-state index in [1.54, 1.807) is 0 Å². The second kappa shape index (κ2) is 5.16. The molecule has 1 heterocycles. The normalized spacial score (nSPS) is 24.5. The van der Waals surface area contributed by atoms with Crippen molar-refractivity contribution in [3.63, 3.8) is 0 Å². The molecular formula is C8H17N3O2. The van der Waals surface area contributed by atoms with Crippen LogP contribution in [0, 0.1) is 0 Å². The number of nitrogens with two attached hydrogens (primary N) is 1. The topological polar surface area (TPSA) is 78.6 Å². The number of aliphatic hydroxyl groups is 1. The molecule has 0 aromatic rings. The highest BCUT2D eigenvalue weighted by Crippen LogP contribution is 2.02. The molecule has 1 rings (SSSR count). The zero-order valence-electron chi connectivity index (χ0n) is 7.70. The van der Waals surface area contributed by atoms with Crippen LogP contribution in [0.5, 0.6) is 0 Å². The predicted molar refractivity (Wildman–Crippen MR) is 49.1 cm³/mol. The van der Waals surface area contributed by atoms with Crippen molar-refractivity contribution in [2.45, 2.75) is 12.5 Å². The van der Waals surface area contributed by atoms with E-state index in [1.165, 1.54) is 0 Å². The van der Waals surface area contributed by atoms with Crippen molar-refractivity contribution in [2.24, 2.45) is 5.73 Å². The number of aliphatic hydroxyl groups excluding tert-OH is 1. The van der Waals surface area contributed by atoms with Crippen LogP contribution in [0.1, 0.15) is 6.42 Å². The first-order chi connectivity index (χ1) is 6.24. The molecule has 76 valence electrons. The summed E-state index contributed by atoms with van der Waals surface area (Å²) in [7, 11) is 0. The van der Waals surface area contributed by atoms with Crippen LogP contribution >= 0.6 is 0 Å². The quantitative estimate of drug-likeness (QED) is 0.482. The minimum Gasteiger partial charge on any atom is -0.395 e. The number of amides is 1. The van der Waals surface area contributed by atoms with E-state index in [1.807, 2.05) is 0 Å². The molecule has 0 aromatic heterocycles. The second-order valence-electron chi connectivity index (χ2n) is 3.29. The molecular weight excluding hydrogens is 170 g/mol. The van der Waals surface area contributed by atoms with Crippen molar-refractivity contribution in [2.75, 3.05) is 32.8 Å². The Kier molecular flexibility index (Phi) is 4.14. The van der Waals surface area contributed by atoms with E-state index in [9.17, 15) is 4.79 Å². The Hall–Kier alpha value is -0.650. The van der Waals surface area contributed by atoms with Crippen LogP contribution < -0.4 is 11.1 Å². The maximum Gasteiger partial charge on any atom is 0.218 e. The number of piperazine rings is 1. The van der Waals surface area contributed by atoms with Gasteiger partial charge in [0, 0.05) is 38.6 Å². The van der Waals surface area contributed by atoms with Gasteiger partial charge in [0.05, 0.1) is 6.61 Å². The number of primary amides is 1. The maximum absolute atomic E-state index is 10.6. The summed E-state index contributed by atoms with van der Waals surface area (Å²) in [5, 5.41) is 12.2. The molecule has 1 aliphatic heterocycles. The molecule has 1 saturated heterocycles. The highest BCUT2D eigenvalue weighted by atomic mass is 16.3. The van der Waals surface area contributed by atoms with Crippen molar-refractivity contribution < 1.29 is 9.90 Å². The smallest absolute Gasteiger partial charge is 0.218 e. The summed E-state index contributed by atoms with van der Waals surface area (Å²) in [4.78, 5) is 12.7. The maximum atomic E-state index is 10.6. The number of rotatable bonds is 4. The Balaban J connectivity index is 2.31. The Morgan fingerprint density at radius 2 is 2.46 bits per heavy atom. The first kappa shape index (κ1) is 10.4. The highest BCUT2D eigenvalue weighted by molar-refractivity contribution is 5.73. The van der Waals surface area contributed by atoms with Crippen molar-refractivity contribution in [1.82, 2.24) is 10.2 Å². The van der Waals surface area contributed by atoms with E-state index in [2.05, 4.69) is 10.2 Å². The lowest BCUT2D eigenvalue weighted by atomic mass is 10.2. The Bertz CT molecular complexity index is 175. The van der Waals surface area contributed by atoms with E-state index in [-0.39, 0.29) is 18.6 Å². The van der Waals surface area contributed by atoms with Crippen LogP contribution in [-0.4, -0.2) is 54.7 Å². The Morgan fingerprint density at radius 3 is 3.08 bits per heavy atom. The molecule has 5 heteroatoms. The Morgan fingerprint density at radius 1 is 1.69 bits per heavy atom. The molecule has 0 bridgehead atoms. The number of hydrogen-bond donors (Lipinski definition) is 3. The SMILES string of the molecule is NC(=O)CCN1CCNCC1CO. The highest BCUT2D eigenvalue weighted by Gasteiger charge is 2.20. The average molecular weight is 187 g/mol. The van der Waals surface area contributed by atoms with Gasteiger partial charge in [0.15, 0.2) is 0 Å². The lowest BCUT2D eigenvalue weighted by molar-refractivity contribution is -0.118. The second-order valence-corrected chi connectivity index (χ2v) is 3.29. The van der Waals surface area contributed by atoms with Gasteiger partial charge >= 0.3 is 0 Å². The predicted octanol–water partition coefficient (Wildman–Crippen LogP) is -1.87. The molecule has 1 atom stereocenters. The summed E-state index contributed by atoms with van der Waals surface area (Å²) in [5.74, 6) is -0.282. The summed E-state index contributed by atoms with van der Waals surface area (Å²) in [5.41, 5.74) is 5.05. The first-order valence-electron chi connectivity index (χ1n) is 4.58. The van der Waals surface area contributed by atoms with E-state index < -0.39 is 0 Å². The third-order valence-corrected chi connectivity index (χ3v) is 2.33. The molecule has 5 nitrogen and oxygen atoms in total. The van der Waals surface area contributed by atoms with Gasteiger partial charge in [-0.1, -0.05) is 0 Å². The van der Waals surface area contributed by atoms with Gasteiger partial charge in [-0.25, -0.2) is 0 Å². The van der Waals surface area contributed by atoms with Crippen LogP contribution in [0.25, 0.3) is 0 Å². The fourth-order valence-electron chi connectivity index (χ4n) is 1.53. The zero-order valence-corrected chi connectivity index (χ0v) is 7.70. The van der Waals surface area contributed by atoms with Gasteiger partial charge < -0.3 is 16.2 Å². The van der Waals surface area contributed by atoms with Gasteiger partial charge in [-0.2, -0.15) is 0 Å². The summed E-state index contributed by atoms with van der Waals surface area (Å²) in [6.07, 6.45) is 0.372. The zero-order chi connectivity index (χ0) is 9.68. The lowest BCUT2D eigenvalue weighted by Crippen LogP contribution is -2.53. The van der Waals surface area contributed by atoms with Gasteiger partial charge in [-0.05, 0) is 0 Å². The third kappa shape index (κ3) is 3.30. The number of hydrogen-bond acceptors (Lipinski definition) is 4. The molecule has 1 aliphatic rings. The number of carbonyl (C=O) groups excluding carboxylic acids is 1. The number of nitrogens with one attached hydrogen (secondary N) is 1. The lowest BCUT2D eigenvalue weighted by Gasteiger charge is -2.34. The molecule has 0 radical (unpaired) electrons. The summed E-state index contributed by atoms with van der Waals surface area (Å²) < 4.78 is 0. The van der Waals surface area contributed by atoms with Crippen molar-refractivity contribution in [3.05, 3.63) is 0 Å². The monoisotopic (exact) mass is 187 g/mol. The largest absolute Gasteiger partial charge is 0.395 e. The number of carbonyl (C=O) groups is 1. The fourth-order valence-corrected chi connectivity index (χ4v) is 1.53. The van der Waals surface area contributed by atoms with Crippen LogP contribution in [0.15, 0.2) is 0 Å². The van der Waals surface area contributed by atoms with Crippen LogP contribution in [0.3, 0.4) is 0 Å². The van der Waals surface area contributed by atoms with Crippen LogP contribution in [-0.2, 0) is 4.79 Å². The summed E-state index contributed by atoms with van der Waals surface area (Å²) in [6, 6.07) is 0.132. The van der Waals surface area contributed by atoms with Gasteiger partial charge in [0.1, 0.15) is 0 Å². The standard InChI is InChI=1S/C8H17N3O2/c9-8(13)1-3-11-4-2-10-5-7(11)6-12/h7,10,12H,1-6H2,(H2,9,13). The average Bonchev–Trinajstić information content (AvgIpc) is 2.15.